The smallest absolute Gasteiger partial charge is 0.321 e. The van der Waals surface area contributed by atoms with Gasteiger partial charge in [-0.2, -0.15) is 4.31 Å². The Morgan fingerprint density at radius 3 is 2.48 bits per heavy atom. The zero-order valence-electron chi connectivity index (χ0n) is 15.1. The molecule has 2 aromatic rings. The van der Waals surface area contributed by atoms with E-state index in [2.05, 4.69) is 10.5 Å². The summed E-state index contributed by atoms with van der Waals surface area (Å²) >= 11 is 0. The maximum atomic E-state index is 13.0. The van der Waals surface area contributed by atoms with Crippen LogP contribution in [0.4, 0.5) is 14.9 Å². The van der Waals surface area contributed by atoms with Crippen LogP contribution in [-0.2, 0) is 10.0 Å². The summed E-state index contributed by atoms with van der Waals surface area (Å²) in [6.07, 6.45) is 0.499. The molecule has 2 amide bonds. The Bertz CT molecular complexity index is 907. The average Bonchev–Trinajstić information content (AvgIpc) is 2.83. The number of urea groups is 1. The first-order valence-corrected chi connectivity index (χ1v) is 9.97. The minimum atomic E-state index is -3.74. The van der Waals surface area contributed by atoms with Crippen molar-refractivity contribution in [3.8, 4) is 0 Å². The molecule has 1 N–H and O–H groups in total. The van der Waals surface area contributed by atoms with Crippen LogP contribution in [0.3, 0.4) is 0 Å². The van der Waals surface area contributed by atoms with Gasteiger partial charge in [0.2, 0.25) is 10.0 Å². The number of anilines is 1. The van der Waals surface area contributed by atoms with Crippen LogP contribution in [0.15, 0.2) is 33.7 Å². The van der Waals surface area contributed by atoms with Crippen LogP contribution >= 0.6 is 0 Å². The lowest BCUT2D eigenvalue weighted by Gasteiger charge is -2.22. The van der Waals surface area contributed by atoms with Crippen LogP contribution in [0.25, 0.3) is 0 Å². The van der Waals surface area contributed by atoms with E-state index in [0.717, 1.165) is 0 Å². The van der Waals surface area contributed by atoms with Crippen molar-refractivity contribution in [3.63, 3.8) is 0 Å². The number of aryl methyl sites for hydroxylation is 2. The number of nitrogens with zero attached hydrogens (tertiary/aromatic N) is 3. The predicted molar refractivity (Wildman–Crippen MR) is 96.3 cm³/mol. The third kappa shape index (κ3) is 4.11. The number of hydrogen-bond donors (Lipinski definition) is 1. The van der Waals surface area contributed by atoms with Crippen LogP contribution in [0, 0.1) is 19.7 Å². The van der Waals surface area contributed by atoms with Gasteiger partial charge in [-0.15, -0.1) is 0 Å². The summed E-state index contributed by atoms with van der Waals surface area (Å²) < 4.78 is 45.1. The average molecular weight is 396 g/mol. The summed E-state index contributed by atoms with van der Waals surface area (Å²) in [5, 5.41) is 6.41. The molecule has 0 spiro atoms. The number of carbonyl (C=O) groups is 1. The van der Waals surface area contributed by atoms with Gasteiger partial charge in [0.1, 0.15) is 16.4 Å². The molecule has 1 saturated heterocycles. The predicted octanol–water partition coefficient (Wildman–Crippen LogP) is 2.36. The molecule has 1 aliphatic rings. The molecule has 10 heteroatoms. The van der Waals surface area contributed by atoms with Crippen LogP contribution in [-0.4, -0.2) is 55.0 Å². The molecular weight excluding hydrogens is 375 g/mol. The van der Waals surface area contributed by atoms with E-state index < -0.39 is 10.0 Å². The third-order valence-corrected chi connectivity index (χ3v) is 6.55. The molecule has 0 bridgehead atoms. The highest BCUT2D eigenvalue weighted by molar-refractivity contribution is 7.89. The van der Waals surface area contributed by atoms with Crippen molar-refractivity contribution in [1.82, 2.24) is 14.4 Å². The van der Waals surface area contributed by atoms with E-state index in [-0.39, 0.29) is 35.6 Å². The fraction of sp³-hybridized carbons (Fsp3) is 0.412. The summed E-state index contributed by atoms with van der Waals surface area (Å²) in [6, 6.07) is 5.11. The van der Waals surface area contributed by atoms with E-state index in [4.69, 9.17) is 4.52 Å². The number of hydrogen-bond acceptors (Lipinski definition) is 5. The first-order chi connectivity index (χ1) is 12.8. The fourth-order valence-electron chi connectivity index (χ4n) is 3.04. The molecule has 1 aliphatic heterocycles. The number of halogens is 1. The Morgan fingerprint density at radius 2 is 1.85 bits per heavy atom. The van der Waals surface area contributed by atoms with Crippen LogP contribution in [0.2, 0.25) is 0 Å². The van der Waals surface area contributed by atoms with E-state index in [9.17, 15) is 17.6 Å². The van der Waals surface area contributed by atoms with E-state index in [1.54, 1.807) is 18.7 Å². The molecule has 2 heterocycles. The Labute approximate surface area is 157 Å². The molecule has 27 heavy (non-hydrogen) atoms. The normalized spacial score (nSPS) is 16.2. The largest absolute Gasteiger partial charge is 0.360 e. The highest BCUT2D eigenvalue weighted by atomic mass is 32.2. The number of rotatable bonds is 3. The second-order valence-corrected chi connectivity index (χ2v) is 8.21. The molecule has 0 radical (unpaired) electrons. The Kier molecular flexibility index (Phi) is 5.47. The van der Waals surface area contributed by atoms with Gasteiger partial charge in [0, 0.05) is 31.9 Å². The lowest BCUT2D eigenvalue weighted by Crippen LogP contribution is -2.39. The van der Waals surface area contributed by atoms with Crippen LogP contribution in [0.1, 0.15) is 17.9 Å². The third-order valence-electron chi connectivity index (χ3n) is 4.40. The first kappa shape index (κ1) is 19.3. The highest BCUT2D eigenvalue weighted by Gasteiger charge is 2.32. The van der Waals surface area contributed by atoms with Gasteiger partial charge in [-0.25, -0.2) is 17.6 Å². The minimum absolute atomic E-state index is 0.0895. The second-order valence-electron chi connectivity index (χ2n) is 6.34. The number of sulfonamides is 1. The van der Waals surface area contributed by atoms with Gasteiger partial charge in [0.25, 0.3) is 0 Å². The van der Waals surface area contributed by atoms with Crippen molar-refractivity contribution in [1.29, 1.82) is 0 Å². The van der Waals surface area contributed by atoms with Crippen LogP contribution < -0.4 is 5.32 Å². The molecule has 0 aliphatic carbocycles. The van der Waals surface area contributed by atoms with E-state index >= 15 is 0 Å². The van der Waals surface area contributed by atoms with E-state index in [1.807, 2.05) is 0 Å². The van der Waals surface area contributed by atoms with Gasteiger partial charge < -0.3 is 14.7 Å². The van der Waals surface area contributed by atoms with E-state index in [1.165, 1.54) is 28.6 Å². The Morgan fingerprint density at radius 1 is 1.15 bits per heavy atom. The van der Waals surface area contributed by atoms with Crippen molar-refractivity contribution in [2.45, 2.75) is 25.2 Å². The van der Waals surface area contributed by atoms with Crippen molar-refractivity contribution in [2.75, 3.05) is 31.5 Å². The number of carbonyl (C=O) groups excluding carboxylic acids is 1. The van der Waals surface area contributed by atoms with E-state index in [0.29, 0.717) is 30.9 Å². The van der Waals surface area contributed by atoms with Gasteiger partial charge in [0.05, 0.1) is 0 Å². The van der Waals surface area contributed by atoms with Crippen molar-refractivity contribution in [2.24, 2.45) is 0 Å². The van der Waals surface area contributed by atoms with Gasteiger partial charge in [-0.1, -0.05) is 5.16 Å². The first-order valence-electron chi connectivity index (χ1n) is 8.53. The topological polar surface area (TPSA) is 95.8 Å². The van der Waals surface area contributed by atoms with Crippen molar-refractivity contribution in [3.05, 3.63) is 41.5 Å². The van der Waals surface area contributed by atoms with Crippen molar-refractivity contribution < 1.29 is 22.1 Å². The maximum absolute atomic E-state index is 13.0. The Balaban J connectivity index is 1.68. The molecule has 8 nitrogen and oxygen atoms in total. The van der Waals surface area contributed by atoms with Gasteiger partial charge >= 0.3 is 6.03 Å². The standard InChI is InChI=1S/C17H21FN4O4S/c1-12-16(13(2)26-20-12)27(24,25)22-9-3-8-21(10-11-22)17(23)19-15-6-4-14(18)5-7-15/h4-7H,3,8-11H2,1-2H3,(H,19,23). The van der Waals surface area contributed by atoms with Gasteiger partial charge in [0.15, 0.2) is 5.76 Å². The van der Waals surface area contributed by atoms with Gasteiger partial charge in [-0.3, -0.25) is 0 Å². The highest BCUT2D eigenvalue weighted by Crippen LogP contribution is 2.24. The summed E-state index contributed by atoms with van der Waals surface area (Å²) in [5.74, 6) is -0.134. The molecule has 1 aromatic heterocycles. The van der Waals surface area contributed by atoms with Crippen LogP contribution in [0.5, 0.6) is 0 Å². The molecular formula is C17H21FN4O4S. The number of amides is 2. The summed E-state index contributed by atoms with van der Waals surface area (Å²) in [4.78, 5) is 14.1. The Hall–Kier alpha value is -2.46. The minimum Gasteiger partial charge on any atom is -0.360 e. The molecule has 146 valence electrons. The van der Waals surface area contributed by atoms with Crippen molar-refractivity contribution >= 4 is 21.7 Å². The molecule has 0 atom stereocenters. The molecule has 3 rings (SSSR count). The zero-order valence-corrected chi connectivity index (χ0v) is 15.9. The number of benzene rings is 1. The summed E-state index contributed by atoms with van der Waals surface area (Å²) in [7, 11) is -3.74. The lowest BCUT2D eigenvalue weighted by atomic mass is 10.3. The SMILES string of the molecule is Cc1noc(C)c1S(=O)(=O)N1CCCN(C(=O)Nc2ccc(F)cc2)CC1. The second kappa shape index (κ2) is 7.65. The van der Waals surface area contributed by atoms with Gasteiger partial charge in [-0.05, 0) is 44.5 Å². The maximum Gasteiger partial charge on any atom is 0.321 e. The monoisotopic (exact) mass is 396 g/mol. The molecule has 1 fully saturated rings. The zero-order chi connectivity index (χ0) is 19.6. The lowest BCUT2D eigenvalue weighted by molar-refractivity contribution is 0.214. The number of nitrogens with one attached hydrogen (secondary N) is 1. The number of aromatic nitrogens is 1. The molecule has 1 aromatic carbocycles. The molecule has 0 unspecified atom stereocenters. The fourth-order valence-corrected chi connectivity index (χ4v) is 4.81. The quantitative estimate of drug-likeness (QED) is 0.859. The summed E-state index contributed by atoms with van der Waals surface area (Å²) in [5.41, 5.74) is 0.800. The summed E-state index contributed by atoms with van der Waals surface area (Å²) in [6.45, 7) is 4.28. The molecule has 0 saturated carbocycles.